The minimum Gasteiger partial charge on any atom is -0.480 e. The molecule has 1 N–H and O–H groups in total. The van der Waals surface area contributed by atoms with Gasteiger partial charge in [0.1, 0.15) is 11.7 Å². The predicted octanol–water partition coefficient (Wildman–Crippen LogP) is 1.42. The molecule has 0 aliphatic carbocycles. The monoisotopic (exact) mass is 254 g/mol. The van der Waals surface area contributed by atoms with Crippen molar-refractivity contribution in [3.63, 3.8) is 0 Å². The SMILES string of the molecule is O=C(O)[C@@H]1CCCN1C(=O)c1cc(Cl)ccn1. The van der Waals surface area contributed by atoms with Gasteiger partial charge < -0.3 is 10.0 Å². The standard InChI is InChI=1S/C11H11ClN2O3/c12-7-3-4-13-8(6-7)10(15)14-5-1-2-9(14)11(16)17/h3-4,6,9H,1-2,5H2,(H,16,17)/t9-/m0/s1. The summed E-state index contributed by atoms with van der Waals surface area (Å²) in [6, 6.07) is 2.27. The molecule has 1 atom stereocenters. The summed E-state index contributed by atoms with van der Waals surface area (Å²) in [5, 5.41) is 9.41. The van der Waals surface area contributed by atoms with Crippen LogP contribution in [0.5, 0.6) is 0 Å². The zero-order chi connectivity index (χ0) is 12.4. The fourth-order valence-electron chi connectivity index (χ4n) is 1.94. The Morgan fingerprint density at radius 1 is 1.53 bits per heavy atom. The van der Waals surface area contributed by atoms with Gasteiger partial charge in [-0.25, -0.2) is 4.79 Å². The van der Waals surface area contributed by atoms with Gasteiger partial charge in [-0.2, -0.15) is 0 Å². The van der Waals surface area contributed by atoms with Gasteiger partial charge in [0.05, 0.1) is 0 Å². The second kappa shape index (κ2) is 4.71. The Balaban J connectivity index is 2.23. The number of hydrogen-bond acceptors (Lipinski definition) is 3. The number of carboxylic acids is 1. The van der Waals surface area contributed by atoms with Gasteiger partial charge in [-0.1, -0.05) is 11.6 Å². The molecule has 2 rings (SSSR count). The summed E-state index contributed by atoms with van der Waals surface area (Å²) in [7, 11) is 0. The van der Waals surface area contributed by atoms with Crippen LogP contribution in [-0.4, -0.2) is 39.5 Å². The third-order valence-corrected chi connectivity index (χ3v) is 2.97. The van der Waals surface area contributed by atoms with Crippen molar-refractivity contribution in [2.45, 2.75) is 18.9 Å². The van der Waals surface area contributed by atoms with Crippen LogP contribution in [-0.2, 0) is 4.79 Å². The third kappa shape index (κ3) is 2.39. The van der Waals surface area contributed by atoms with E-state index < -0.39 is 12.0 Å². The Kier molecular flexibility index (Phi) is 3.28. The molecule has 0 unspecified atom stereocenters. The molecule has 17 heavy (non-hydrogen) atoms. The lowest BCUT2D eigenvalue weighted by molar-refractivity contribution is -0.141. The molecule has 5 nitrogen and oxygen atoms in total. The number of halogens is 1. The van der Waals surface area contributed by atoms with Gasteiger partial charge in [0.15, 0.2) is 0 Å². The van der Waals surface area contributed by atoms with Crippen LogP contribution >= 0.6 is 11.6 Å². The highest BCUT2D eigenvalue weighted by Gasteiger charge is 2.34. The summed E-state index contributed by atoms with van der Waals surface area (Å²) in [5.41, 5.74) is 0.186. The molecule has 1 aromatic rings. The maximum atomic E-state index is 12.1. The van der Waals surface area contributed by atoms with Crippen LogP contribution in [0.3, 0.4) is 0 Å². The van der Waals surface area contributed by atoms with Gasteiger partial charge in [0, 0.05) is 17.8 Å². The third-order valence-electron chi connectivity index (χ3n) is 2.74. The normalized spacial score (nSPS) is 19.4. The number of amides is 1. The van der Waals surface area contributed by atoms with Gasteiger partial charge in [-0.15, -0.1) is 0 Å². The van der Waals surface area contributed by atoms with E-state index in [0.717, 1.165) is 0 Å². The molecule has 1 amide bonds. The van der Waals surface area contributed by atoms with Crippen molar-refractivity contribution in [2.75, 3.05) is 6.54 Å². The zero-order valence-electron chi connectivity index (χ0n) is 8.97. The topological polar surface area (TPSA) is 70.5 Å². The molecule has 1 fully saturated rings. The minimum atomic E-state index is -0.974. The van der Waals surface area contributed by atoms with Crippen LogP contribution in [0.15, 0.2) is 18.3 Å². The molecule has 0 spiro atoms. The van der Waals surface area contributed by atoms with E-state index in [1.807, 2.05) is 0 Å². The first kappa shape index (κ1) is 11.9. The number of nitrogens with zero attached hydrogens (tertiary/aromatic N) is 2. The lowest BCUT2D eigenvalue weighted by Crippen LogP contribution is -2.40. The van der Waals surface area contributed by atoms with E-state index in [1.54, 1.807) is 6.07 Å². The van der Waals surface area contributed by atoms with Gasteiger partial charge in [-0.05, 0) is 25.0 Å². The molecular formula is C11H11ClN2O3. The van der Waals surface area contributed by atoms with Crippen molar-refractivity contribution < 1.29 is 14.7 Å². The Labute approximate surface area is 103 Å². The molecule has 0 saturated carbocycles. The average Bonchev–Trinajstić information content (AvgIpc) is 2.77. The first-order valence-corrected chi connectivity index (χ1v) is 5.62. The average molecular weight is 255 g/mol. The van der Waals surface area contributed by atoms with E-state index in [0.29, 0.717) is 24.4 Å². The highest BCUT2D eigenvalue weighted by molar-refractivity contribution is 6.30. The summed E-state index contributed by atoms with van der Waals surface area (Å²) < 4.78 is 0. The molecular weight excluding hydrogens is 244 g/mol. The van der Waals surface area contributed by atoms with Crippen molar-refractivity contribution in [3.05, 3.63) is 29.0 Å². The quantitative estimate of drug-likeness (QED) is 0.867. The second-order valence-electron chi connectivity index (χ2n) is 3.85. The maximum absolute atomic E-state index is 12.1. The van der Waals surface area contributed by atoms with Crippen molar-refractivity contribution in [1.29, 1.82) is 0 Å². The smallest absolute Gasteiger partial charge is 0.326 e. The van der Waals surface area contributed by atoms with Crippen LogP contribution in [0.25, 0.3) is 0 Å². The summed E-state index contributed by atoms with van der Waals surface area (Å²) in [4.78, 5) is 28.3. The first-order valence-electron chi connectivity index (χ1n) is 5.25. The van der Waals surface area contributed by atoms with Gasteiger partial charge in [-0.3, -0.25) is 9.78 Å². The van der Waals surface area contributed by atoms with Crippen molar-refractivity contribution in [2.24, 2.45) is 0 Å². The lowest BCUT2D eigenvalue weighted by atomic mass is 10.2. The number of pyridine rings is 1. The Morgan fingerprint density at radius 3 is 2.94 bits per heavy atom. The molecule has 0 radical (unpaired) electrons. The molecule has 0 aromatic carbocycles. The van der Waals surface area contributed by atoms with Gasteiger partial charge in [0.2, 0.25) is 0 Å². The highest BCUT2D eigenvalue weighted by Crippen LogP contribution is 2.20. The molecule has 1 aromatic heterocycles. The van der Waals surface area contributed by atoms with Gasteiger partial charge in [0.25, 0.3) is 5.91 Å². The van der Waals surface area contributed by atoms with Crippen molar-refractivity contribution in [1.82, 2.24) is 9.88 Å². The largest absolute Gasteiger partial charge is 0.480 e. The van der Waals surface area contributed by atoms with Crippen molar-refractivity contribution in [3.8, 4) is 0 Å². The lowest BCUT2D eigenvalue weighted by Gasteiger charge is -2.20. The van der Waals surface area contributed by atoms with E-state index in [4.69, 9.17) is 16.7 Å². The van der Waals surface area contributed by atoms with E-state index in [-0.39, 0.29) is 11.6 Å². The summed E-state index contributed by atoms with van der Waals surface area (Å²) >= 11 is 5.77. The molecule has 1 aliphatic heterocycles. The number of aliphatic carboxylic acids is 1. The highest BCUT2D eigenvalue weighted by atomic mass is 35.5. The zero-order valence-corrected chi connectivity index (χ0v) is 9.72. The number of carbonyl (C=O) groups is 2. The number of carbonyl (C=O) groups excluding carboxylic acids is 1. The number of hydrogen-bond donors (Lipinski definition) is 1. The van der Waals surface area contributed by atoms with Crippen LogP contribution in [0.1, 0.15) is 23.3 Å². The molecule has 1 saturated heterocycles. The first-order chi connectivity index (χ1) is 8.09. The molecule has 6 heteroatoms. The summed E-state index contributed by atoms with van der Waals surface area (Å²) in [6.07, 6.45) is 2.62. The molecule has 0 bridgehead atoms. The van der Waals surface area contributed by atoms with Crippen LogP contribution < -0.4 is 0 Å². The number of carboxylic acid groups (broad SMARTS) is 1. The molecule has 2 heterocycles. The Hall–Kier alpha value is -1.62. The van der Waals surface area contributed by atoms with E-state index >= 15 is 0 Å². The molecule has 90 valence electrons. The second-order valence-corrected chi connectivity index (χ2v) is 4.29. The van der Waals surface area contributed by atoms with Gasteiger partial charge >= 0.3 is 5.97 Å². The fourth-order valence-corrected chi connectivity index (χ4v) is 2.10. The van der Waals surface area contributed by atoms with Crippen LogP contribution in [0.2, 0.25) is 5.02 Å². The maximum Gasteiger partial charge on any atom is 0.326 e. The summed E-state index contributed by atoms with van der Waals surface area (Å²) in [5.74, 6) is -1.35. The fraction of sp³-hybridized carbons (Fsp3) is 0.364. The predicted molar refractivity (Wildman–Crippen MR) is 60.9 cm³/mol. The Morgan fingerprint density at radius 2 is 2.29 bits per heavy atom. The minimum absolute atomic E-state index is 0.186. The van der Waals surface area contributed by atoms with Crippen LogP contribution in [0, 0.1) is 0 Å². The van der Waals surface area contributed by atoms with E-state index in [9.17, 15) is 9.59 Å². The van der Waals surface area contributed by atoms with Crippen LogP contribution in [0.4, 0.5) is 0 Å². The number of aromatic nitrogens is 1. The van der Waals surface area contributed by atoms with E-state index in [1.165, 1.54) is 17.2 Å². The summed E-state index contributed by atoms with van der Waals surface area (Å²) in [6.45, 7) is 0.448. The van der Waals surface area contributed by atoms with E-state index in [2.05, 4.69) is 4.98 Å². The van der Waals surface area contributed by atoms with Crippen molar-refractivity contribution >= 4 is 23.5 Å². The molecule has 1 aliphatic rings. The number of rotatable bonds is 2. The number of likely N-dealkylation sites (tertiary alicyclic amines) is 1. The Bertz CT molecular complexity index is 464.